The van der Waals surface area contributed by atoms with Crippen molar-refractivity contribution in [2.75, 3.05) is 0 Å². The Morgan fingerprint density at radius 2 is 0.391 bits per heavy atom. The smallest absolute Gasteiger partial charge is 0.0814 e. The van der Waals surface area contributed by atoms with Crippen LogP contribution in [0, 0.1) is 0 Å². The average Bonchev–Trinajstić information content (AvgIpc) is 3.44. The second-order valence-electron chi connectivity index (χ2n) is 19.2. The van der Waals surface area contributed by atoms with E-state index in [2.05, 4.69) is 294 Å². The molecule has 0 nitrogen and oxygen atoms in total. The lowest BCUT2D eigenvalue weighted by atomic mass is 9.14. The number of rotatable bonds is 18. The first-order valence-electron chi connectivity index (χ1n) is 26.1. The Bertz CT molecular complexity index is 2440. The van der Waals surface area contributed by atoms with Crippen LogP contribution in [0.5, 0.6) is 0 Å². The van der Waals surface area contributed by atoms with E-state index >= 15 is 0 Å². The van der Waals surface area contributed by atoms with E-state index < -0.39 is 18.4 Å². The maximum Gasteiger partial charge on any atom is 0.0814 e. The fraction of sp³-hybridized carbons (Fsp3) is 0.182. The molecule has 9 rings (SSSR count). The van der Waals surface area contributed by atoms with Gasteiger partial charge in [-0.1, -0.05) is 332 Å². The minimum atomic E-state index is -0.928. The normalized spacial score (nSPS) is 11.3. The average molecular weight is 898 g/mol. The fourth-order valence-electron chi connectivity index (χ4n) is 11.9. The van der Waals surface area contributed by atoms with Crippen LogP contribution in [0.4, 0.5) is 0 Å². The zero-order valence-electron chi connectivity index (χ0n) is 41.6. The molecule has 9 aromatic rings. The molecule has 0 aromatic heterocycles. The largest absolute Gasteiger partial charge is 0.200 e. The van der Waals surface area contributed by atoms with Crippen molar-refractivity contribution in [3.63, 3.8) is 0 Å². The molecule has 0 N–H and O–H groups in total. The maximum atomic E-state index is 2.32. The first-order chi connectivity index (χ1) is 34.1. The van der Waals surface area contributed by atoms with Crippen molar-refractivity contribution in [1.82, 2.24) is 0 Å². The van der Waals surface area contributed by atoms with E-state index in [9.17, 15) is 0 Å². The van der Waals surface area contributed by atoms with Crippen LogP contribution in [0.1, 0.15) is 59.3 Å². The van der Waals surface area contributed by atoms with Gasteiger partial charge in [0.2, 0.25) is 0 Å². The maximum absolute atomic E-state index is 2.32. The molecular weight excluding hydrogens is 825 g/mol. The molecule has 348 valence electrons. The summed E-state index contributed by atoms with van der Waals surface area (Å²) in [6.07, 6.45) is 8.39. The molecule has 3 heteroatoms. The van der Waals surface area contributed by atoms with Gasteiger partial charge in [0.05, 0.1) is 18.4 Å². The van der Waals surface area contributed by atoms with Crippen LogP contribution in [0.25, 0.3) is 0 Å². The number of benzene rings is 9. The van der Waals surface area contributed by atoms with Crippen molar-refractivity contribution >= 4 is 67.6 Å². The van der Waals surface area contributed by atoms with E-state index in [4.69, 9.17) is 0 Å². The molecule has 0 aliphatic carbocycles. The van der Waals surface area contributed by atoms with Gasteiger partial charge in [-0.05, 0) is 0 Å². The molecule has 0 aliphatic heterocycles. The minimum absolute atomic E-state index is 0.898. The summed E-state index contributed by atoms with van der Waals surface area (Å²) in [6.45, 7) is 6.86. The standard InChI is InChI=1S/C24H28B.C22H24B.C20H20B/c1-2-3-4-14-21-25(22-15-8-5-9-16-22,23-17-10-6-11-18-23)24-19-12-7-13-20-24;1-2-3-19-23(20-13-7-4-8-14-20,21-15-9-5-10-16-21)22-17-11-6-12-18-22;1-2-21(18-12-6-3-7-13-18,19-14-8-4-9-15-19)20-16-10-5-11-17-20/h5-13,15-20H,2-4,14,21H2,1H3;4-18H,2-3,19H2,1H3;3-17H,2H2,1H3/q3*-1. The van der Waals surface area contributed by atoms with Crippen LogP contribution >= 0.6 is 0 Å². The van der Waals surface area contributed by atoms with Crippen LogP contribution in [0.15, 0.2) is 273 Å². The predicted molar refractivity (Wildman–Crippen MR) is 311 cm³/mol. The monoisotopic (exact) mass is 898 g/mol. The Hall–Kier alpha value is -6.83. The second kappa shape index (κ2) is 26.1. The third-order valence-corrected chi connectivity index (χ3v) is 15.4. The van der Waals surface area contributed by atoms with Crippen molar-refractivity contribution in [3.8, 4) is 0 Å². The van der Waals surface area contributed by atoms with Gasteiger partial charge in [-0.15, -0.1) is 0 Å². The van der Waals surface area contributed by atoms with Crippen LogP contribution in [0.2, 0.25) is 19.0 Å². The van der Waals surface area contributed by atoms with E-state index in [0.717, 1.165) is 6.32 Å². The SMILES string of the molecule is CCCCCC[B-](c1ccccc1)(c1ccccc1)c1ccccc1.CCCC[B-](c1ccccc1)(c1ccccc1)c1ccccc1.CC[B-](c1ccccc1)(c1ccccc1)c1ccccc1. The number of hydrogen-bond acceptors (Lipinski definition) is 0. The van der Waals surface area contributed by atoms with Crippen LogP contribution in [-0.2, 0) is 0 Å². The zero-order valence-corrected chi connectivity index (χ0v) is 41.6. The van der Waals surface area contributed by atoms with Crippen LogP contribution in [-0.4, -0.2) is 18.4 Å². The Labute approximate surface area is 416 Å². The van der Waals surface area contributed by atoms with Crippen molar-refractivity contribution < 1.29 is 0 Å². The van der Waals surface area contributed by atoms with Crippen LogP contribution < -0.4 is 49.2 Å². The molecule has 9 aromatic carbocycles. The highest BCUT2D eigenvalue weighted by Gasteiger charge is 2.31. The highest BCUT2D eigenvalue weighted by Crippen LogP contribution is 2.19. The van der Waals surface area contributed by atoms with Gasteiger partial charge in [-0.3, -0.25) is 0 Å². The third kappa shape index (κ3) is 11.9. The van der Waals surface area contributed by atoms with Crippen molar-refractivity contribution in [3.05, 3.63) is 273 Å². The number of unbranched alkanes of at least 4 members (excludes halogenated alkanes) is 4. The number of hydrogen-bond donors (Lipinski definition) is 0. The van der Waals surface area contributed by atoms with Gasteiger partial charge in [-0.2, -0.15) is 68.1 Å². The molecule has 0 unspecified atom stereocenters. The summed E-state index contributed by atoms with van der Waals surface area (Å²) < 4.78 is 0. The summed E-state index contributed by atoms with van der Waals surface area (Å²) in [5, 5.41) is 0. The summed E-state index contributed by atoms with van der Waals surface area (Å²) >= 11 is 0. The second-order valence-corrected chi connectivity index (χ2v) is 19.2. The van der Waals surface area contributed by atoms with E-state index in [1.54, 1.807) is 0 Å². The van der Waals surface area contributed by atoms with Crippen molar-refractivity contribution in [1.29, 1.82) is 0 Å². The summed E-state index contributed by atoms with van der Waals surface area (Å²) in [4.78, 5) is 0. The molecule has 0 aliphatic rings. The van der Waals surface area contributed by atoms with E-state index in [0.29, 0.717) is 0 Å². The van der Waals surface area contributed by atoms with Gasteiger partial charge in [0.15, 0.2) is 0 Å². The van der Waals surface area contributed by atoms with Gasteiger partial charge in [0.25, 0.3) is 0 Å². The highest BCUT2D eigenvalue weighted by atomic mass is 14.1. The van der Waals surface area contributed by atoms with Crippen molar-refractivity contribution in [2.45, 2.75) is 78.3 Å². The summed E-state index contributed by atoms with van der Waals surface area (Å²) in [5.74, 6) is 0. The van der Waals surface area contributed by atoms with E-state index in [1.807, 2.05) is 0 Å². The highest BCUT2D eigenvalue weighted by molar-refractivity contribution is 7.12. The van der Waals surface area contributed by atoms with Gasteiger partial charge >= 0.3 is 0 Å². The topological polar surface area (TPSA) is 0 Å². The Morgan fingerprint density at radius 1 is 0.203 bits per heavy atom. The minimum Gasteiger partial charge on any atom is -0.200 e. The van der Waals surface area contributed by atoms with Gasteiger partial charge in [-0.25, -0.2) is 0 Å². The molecule has 0 bridgehead atoms. The zero-order chi connectivity index (χ0) is 47.9. The Kier molecular flexibility index (Phi) is 18.9. The van der Waals surface area contributed by atoms with Gasteiger partial charge in [0, 0.05) is 0 Å². The molecule has 0 saturated carbocycles. The van der Waals surface area contributed by atoms with Crippen molar-refractivity contribution in [2.24, 2.45) is 0 Å². The summed E-state index contributed by atoms with van der Waals surface area (Å²) in [5.41, 5.74) is 12.9. The molecule has 0 radical (unpaired) electrons. The van der Waals surface area contributed by atoms with Gasteiger partial charge < -0.3 is 0 Å². The molecule has 0 heterocycles. The molecule has 0 saturated heterocycles. The molecule has 69 heavy (non-hydrogen) atoms. The fourth-order valence-corrected chi connectivity index (χ4v) is 11.9. The lowest BCUT2D eigenvalue weighted by Crippen LogP contribution is -2.66. The Morgan fingerprint density at radius 3 is 0.580 bits per heavy atom. The molecule has 0 spiro atoms. The molecule has 0 amide bonds. The first kappa shape index (κ1) is 50.1. The molecule has 0 fully saturated rings. The summed E-state index contributed by atoms with van der Waals surface area (Å²) in [6, 6.07) is 99.3. The van der Waals surface area contributed by atoms with E-state index in [1.165, 1.54) is 100 Å². The molecule has 0 atom stereocenters. The predicted octanol–water partition coefficient (Wildman–Crippen LogP) is 11.9. The lowest BCUT2D eigenvalue weighted by Gasteiger charge is -2.43. The summed E-state index contributed by atoms with van der Waals surface area (Å²) in [7, 11) is 0. The Balaban J connectivity index is 0.000000153. The van der Waals surface area contributed by atoms with E-state index in [-0.39, 0.29) is 0 Å². The molecular formula is C66H72B3-3. The lowest BCUT2D eigenvalue weighted by molar-refractivity contribution is 0.698. The van der Waals surface area contributed by atoms with Gasteiger partial charge in [0.1, 0.15) is 0 Å². The third-order valence-electron chi connectivity index (χ3n) is 15.4. The van der Waals surface area contributed by atoms with Crippen LogP contribution in [0.3, 0.4) is 0 Å². The quantitative estimate of drug-likeness (QED) is 0.0595. The first-order valence-corrected chi connectivity index (χ1v) is 26.1.